The molecule has 0 spiro atoms. The van der Waals surface area contributed by atoms with E-state index in [0.717, 1.165) is 0 Å². The van der Waals surface area contributed by atoms with Crippen molar-refractivity contribution in [1.82, 2.24) is 0 Å². The summed E-state index contributed by atoms with van der Waals surface area (Å²) in [4.78, 5) is 0. The Balaban J connectivity index is 2.53. The highest BCUT2D eigenvalue weighted by molar-refractivity contribution is 4.88. The number of aliphatic hydroxyl groups is 3. The Morgan fingerprint density at radius 3 is 2.83 bits per heavy atom. The molecule has 0 amide bonds. The lowest BCUT2D eigenvalue weighted by atomic mass is 10.1. The van der Waals surface area contributed by atoms with E-state index in [2.05, 4.69) is 0 Å². The highest BCUT2D eigenvalue weighted by Crippen LogP contribution is 2.19. The summed E-state index contributed by atoms with van der Waals surface area (Å²) in [6.45, 7) is -0.252. The topological polar surface area (TPSA) is 79.2 Å². The van der Waals surface area contributed by atoms with Crippen LogP contribution >= 0.6 is 0 Å². The first-order valence-corrected chi connectivity index (χ1v) is 3.82. The zero-order chi connectivity index (χ0) is 9.14. The molecule has 1 aliphatic heterocycles. The molecular formula is C7H14O5. The molecule has 0 saturated carbocycles. The van der Waals surface area contributed by atoms with Gasteiger partial charge in [-0.05, 0) is 0 Å². The molecule has 1 aliphatic rings. The highest BCUT2D eigenvalue weighted by Gasteiger charge is 2.40. The molecule has 0 bridgehead atoms. The Bertz CT molecular complexity index is 140. The van der Waals surface area contributed by atoms with E-state index in [9.17, 15) is 10.2 Å². The molecule has 1 saturated heterocycles. The summed E-state index contributed by atoms with van der Waals surface area (Å²) in [6.07, 6.45) is -2.89. The summed E-state index contributed by atoms with van der Waals surface area (Å²) in [7, 11) is 1.43. The van der Waals surface area contributed by atoms with E-state index in [1.807, 2.05) is 0 Å². The lowest BCUT2D eigenvalue weighted by Crippen LogP contribution is -2.41. The van der Waals surface area contributed by atoms with Crippen LogP contribution in [0.1, 0.15) is 0 Å². The molecule has 0 aromatic rings. The van der Waals surface area contributed by atoms with E-state index in [1.165, 1.54) is 7.11 Å². The summed E-state index contributed by atoms with van der Waals surface area (Å²) in [6, 6.07) is 0. The van der Waals surface area contributed by atoms with E-state index in [0.29, 0.717) is 0 Å². The van der Waals surface area contributed by atoms with Gasteiger partial charge in [0.15, 0.2) is 0 Å². The molecule has 0 aliphatic carbocycles. The Kier molecular flexibility index (Phi) is 3.42. The second kappa shape index (κ2) is 4.15. The molecule has 3 N–H and O–H groups in total. The number of methoxy groups -OCH3 is 1. The predicted molar refractivity (Wildman–Crippen MR) is 39.6 cm³/mol. The van der Waals surface area contributed by atoms with Gasteiger partial charge in [-0.15, -0.1) is 0 Å². The fourth-order valence-electron chi connectivity index (χ4n) is 1.34. The van der Waals surface area contributed by atoms with Crippen molar-refractivity contribution in [3.8, 4) is 0 Å². The van der Waals surface area contributed by atoms with Crippen LogP contribution in [0.2, 0.25) is 0 Å². The smallest absolute Gasteiger partial charge is 0.114 e. The first kappa shape index (κ1) is 9.88. The maximum absolute atomic E-state index is 9.26. The van der Waals surface area contributed by atoms with Gasteiger partial charge in [0.05, 0.1) is 13.2 Å². The normalized spacial score (nSPS) is 38.5. The number of rotatable bonds is 3. The van der Waals surface area contributed by atoms with Gasteiger partial charge in [0.25, 0.3) is 0 Å². The van der Waals surface area contributed by atoms with Crippen molar-refractivity contribution >= 4 is 0 Å². The lowest BCUT2D eigenvalue weighted by molar-refractivity contribution is -0.0809. The van der Waals surface area contributed by atoms with Crippen LogP contribution in [0, 0.1) is 0 Å². The molecule has 1 rings (SSSR count). The Hall–Kier alpha value is -0.200. The lowest BCUT2D eigenvalue weighted by Gasteiger charge is -2.21. The van der Waals surface area contributed by atoms with Crippen molar-refractivity contribution < 1.29 is 24.8 Å². The van der Waals surface area contributed by atoms with E-state index < -0.39 is 31.0 Å². The number of hydrogen-bond donors (Lipinski definition) is 3. The Morgan fingerprint density at radius 1 is 1.67 bits per heavy atom. The van der Waals surface area contributed by atoms with Gasteiger partial charge in [0, 0.05) is 7.11 Å². The molecule has 0 aromatic carbocycles. The zero-order valence-corrected chi connectivity index (χ0v) is 6.88. The van der Waals surface area contributed by atoms with Gasteiger partial charge in [0.2, 0.25) is 0 Å². The molecule has 5 heteroatoms. The Labute approximate surface area is 70.5 Å². The van der Waals surface area contributed by atoms with Crippen LogP contribution in [0.3, 0.4) is 0 Å². The largest absolute Gasteiger partial charge is 0.394 e. The molecule has 1 heterocycles. The summed E-state index contributed by atoms with van der Waals surface area (Å²) in [5, 5.41) is 27.1. The van der Waals surface area contributed by atoms with Crippen LogP contribution in [0.15, 0.2) is 0 Å². The van der Waals surface area contributed by atoms with E-state index in [4.69, 9.17) is 14.6 Å². The second-order valence-corrected chi connectivity index (χ2v) is 2.82. The van der Waals surface area contributed by atoms with Gasteiger partial charge in [0.1, 0.15) is 24.4 Å². The van der Waals surface area contributed by atoms with Gasteiger partial charge in [-0.25, -0.2) is 0 Å². The third-order valence-corrected chi connectivity index (χ3v) is 2.00. The van der Waals surface area contributed by atoms with Crippen molar-refractivity contribution in [3.63, 3.8) is 0 Å². The van der Waals surface area contributed by atoms with E-state index in [-0.39, 0.29) is 6.61 Å². The molecule has 2 unspecified atom stereocenters. The fraction of sp³-hybridized carbons (Fsp3) is 1.00. The van der Waals surface area contributed by atoms with Crippen molar-refractivity contribution in [2.24, 2.45) is 0 Å². The monoisotopic (exact) mass is 178 g/mol. The molecule has 1 fully saturated rings. The molecular weight excluding hydrogens is 164 g/mol. The molecule has 0 aromatic heterocycles. The maximum Gasteiger partial charge on any atom is 0.114 e. The average molecular weight is 178 g/mol. The van der Waals surface area contributed by atoms with Crippen LogP contribution in [-0.2, 0) is 9.47 Å². The van der Waals surface area contributed by atoms with Crippen molar-refractivity contribution in [3.05, 3.63) is 0 Å². The minimum atomic E-state index is -0.993. The first-order valence-electron chi connectivity index (χ1n) is 3.82. The standard InChI is InChI=1S/C7H14O5/c1-11-6-5(10)3-12-7(6)4(9)2-8/h4-10H,2-3H2,1H3/t4-,5?,6?,7+/m1/s1. The SMILES string of the molecule is COC1C(O)CO[C@H]1[C@H](O)CO. The average Bonchev–Trinajstić information content (AvgIpc) is 2.45. The maximum atomic E-state index is 9.26. The Morgan fingerprint density at radius 2 is 2.33 bits per heavy atom. The van der Waals surface area contributed by atoms with Gasteiger partial charge in [-0.1, -0.05) is 0 Å². The number of hydrogen-bond acceptors (Lipinski definition) is 5. The van der Waals surface area contributed by atoms with Crippen molar-refractivity contribution in [1.29, 1.82) is 0 Å². The van der Waals surface area contributed by atoms with Crippen LogP contribution in [0.25, 0.3) is 0 Å². The van der Waals surface area contributed by atoms with Crippen LogP contribution in [0.4, 0.5) is 0 Å². The summed E-state index contributed by atoms with van der Waals surface area (Å²) in [5.74, 6) is 0. The van der Waals surface area contributed by atoms with Crippen LogP contribution in [0.5, 0.6) is 0 Å². The quantitative estimate of drug-likeness (QED) is 0.471. The number of ether oxygens (including phenoxy) is 2. The van der Waals surface area contributed by atoms with Crippen molar-refractivity contribution in [2.45, 2.75) is 24.4 Å². The predicted octanol–water partition coefficient (Wildman–Crippen LogP) is -1.89. The zero-order valence-electron chi connectivity index (χ0n) is 6.88. The van der Waals surface area contributed by atoms with E-state index >= 15 is 0 Å². The van der Waals surface area contributed by atoms with Crippen molar-refractivity contribution in [2.75, 3.05) is 20.3 Å². The highest BCUT2D eigenvalue weighted by atomic mass is 16.6. The van der Waals surface area contributed by atoms with Gasteiger partial charge < -0.3 is 24.8 Å². The molecule has 12 heavy (non-hydrogen) atoms. The minimum absolute atomic E-state index is 0.139. The molecule has 5 nitrogen and oxygen atoms in total. The fourth-order valence-corrected chi connectivity index (χ4v) is 1.34. The third kappa shape index (κ3) is 1.75. The summed E-state index contributed by atoms with van der Waals surface area (Å²) in [5.41, 5.74) is 0. The minimum Gasteiger partial charge on any atom is -0.394 e. The summed E-state index contributed by atoms with van der Waals surface area (Å²) < 4.78 is 9.95. The van der Waals surface area contributed by atoms with Gasteiger partial charge in [-0.3, -0.25) is 0 Å². The van der Waals surface area contributed by atoms with Gasteiger partial charge in [-0.2, -0.15) is 0 Å². The second-order valence-electron chi connectivity index (χ2n) is 2.82. The number of aliphatic hydroxyl groups excluding tert-OH is 3. The van der Waals surface area contributed by atoms with Crippen LogP contribution in [-0.4, -0.2) is 60.1 Å². The van der Waals surface area contributed by atoms with Crippen LogP contribution < -0.4 is 0 Å². The molecule has 72 valence electrons. The molecule has 0 radical (unpaired) electrons. The van der Waals surface area contributed by atoms with E-state index in [1.54, 1.807) is 0 Å². The summed E-state index contributed by atoms with van der Waals surface area (Å²) >= 11 is 0. The third-order valence-electron chi connectivity index (χ3n) is 2.00. The first-order chi connectivity index (χ1) is 5.70. The molecule has 4 atom stereocenters. The van der Waals surface area contributed by atoms with Gasteiger partial charge >= 0.3 is 0 Å².